The molecule has 0 aliphatic heterocycles. The number of fused-ring (bicyclic) bond motifs is 3. The minimum atomic E-state index is 0.695. The van der Waals surface area contributed by atoms with Crippen LogP contribution in [0.4, 0.5) is 11.5 Å². The van der Waals surface area contributed by atoms with Crippen molar-refractivity contribution in [1.82, 2.24) is 19.6 Å². The van der Waals surface area contributed by atoms with Crippen LogP contribution in [0.25, 0.3) is 16.7 Å². The van der Waals surface area contributed by atoms with Gasteiger partial charge in [-0.05, 0) is 55.3 Å². The summed E-state index contributed by atoms with van der Waals surface area (Å²) in [6.07, 6.45) is 1.72. The summed E-state index contributed by atoms with van der Waals surface area (Å²) in [4.78, 5) is 4.72. The van der Waals surface area contributed by atoms with Crippen LogP contribution in [0, 0.1) is 13.8 Å². The molecule has 0 aliphatic carbocycles. The van der Waals surface area contributed by atoms with E-state index in [0.717, 1.165) is 26.8 Å². The second-order valence-corrected chi connectivity index (χ2v) is 6.42. The van der Waals surface area contributed by atoms with Crippen molar-refractivity contribution in [2.75, 3.05) is 5.32 Å². The second kappa shape index (κ2) is 5.31. The molecule has 0 saturated heterocycles. The number of nitrogens with one attached hydrogen (secondary N) is 1. The smallest absolute Gasteiger partial charge is 0.204 e. The highest BCUT2D eigenvalue weighted by atomic mass is 79.9. The summed E-state index contributed by atoms with van der Waals surface area (Å²) in [6, 6.07) is 12.2. The molecule has 114 valence electrons. The van der Waals surface area contributed by atoms with E-state index in [2.05, 4.69) is 63.5 Å². The number of rotatable bonds is 2. The molecule has 2 aromatic heterocycles. The quantitative estimate of drug-likeness (QED) is 0.570. The first kappa shape index (κ1) is 14.1. The van der Waals surface area contributed by atoms with Crippen LogP contribution in [0.3, 0.4) is 0 Å². The summed E-state index contributed by atoms with van der Waals surface area (Å²) in [7, 11) is 0. The van der Waals surface area contributed by atoms with Crippen LogP contribution in [0.2, 0.25) is 0 Å². The topological polar surface area (TPSA) is 55.1 Å². The molecule has 23 heavy (non-hydrogen) atoms. The van der Waals surface area contributed by atoms with E-state index in [1.807, 2.05) is 22.6 Å². The lowest BCUT2D eigenvalue weighted by molar-refractivity contribution is 1.11. The van der Waals surface area contributed by atoms with Gasteiger partial charge >= 0.3 is 0 Å². The van der Waals surface area contributed by atoms with Gasteiger partial charge < -0.3 is 5.32 Å². The minimum absolute atomic E-state index is 0.695. The van der Waals surface area contributed by atoms with Crippen molar-refractivity contribution in [3.05, 3.63) is 58.3 Å². The van der Waals surface area contributed by atoms with Crippen LogP contribution in [0.5, 0.6) is 0 Å². The average Bonchev–Trinajstić information content (AvgIpc) is 3.02. The predicted molar refractivity (Wildman–Crippen MR) is 95.2 cm³/mol. The Labute approximate surface area is 141 Å². The Hall–Kier alpha value is -2.47. The third-order valence-electron chi connectivity index (χ3n) is 3.80. The van der Waals surface area contributed by atoms with Crippen molar-refractivity contribution in [2.45, 2.75) is 13.8 Å². The number of benzene rings is 2. The summed E-state index contributed by atoms with van der Waals surface area (Å²) < 4.78 is 3.04. The molecule has 0 bridgehead atoms. The number of anilines is 2. The van der Waals surface area contributed by atoms with E-state index in [-0.39, 0.29) is 0 Å². The molecule has 2 aromatic carbocycles. The highest BCUT2D eigenvalue weighted by Gasteiger charge is 2.11. The molecule has 2 heterocycles. The number of halogens is 1. The fraction of sp³-hybridized carbons (Fsp3) is 0.118. The number of hydrogen-bond acceptors (Lipinski definition) is 4. The minimum Gasteiger partial charge on any atom is -0.337 e. The monoisotopic (exact) mass is 367 g/mol. The number of aromatic nitrogens is 4. The third-order valence-corrected chi connectivity index (χ3v) is 4.69. The highest BCUT2D eigenvalue weighted by molar-refractivity contribution is 9.10. The lowest BCUT2D eigenvalue weighted by atomic mass is 10.2. The van der Waals surface area contributed by atoms with Gasteiger partial charge in [0, 0.05) is 10.2 Å². The summed E-state index contributed by atoms with van der Waals surface area (Å²) in [5.41, 5.74) is 5.92. The van der Waals surface area contributed by atoms with Crippen LogP contribution in [-0.2, 0) is 0 Å². The van der Waals surface area contributed by atoms with Crippen molar-refractivity contribution in [3.63, 3.8) is 0 Å². The molecule has 6 heteroatoms. The van der Waals surface area contributed by atoms with Gasteiger partial charge in [-0.2, -0.15) is 0 Å². The van der Waals surface area contributed by atoms with Gasteiger partial charge in [0.2, 0.25) is 5.65 Å². The predicted octanol–water partition coefficient (Wildman–Crippen LogP) is 4.40. The van der Waals surface area contributed by atoms with Gasteiger partial charge in [0.05, 0.1) is 11.0 Å². The molecule has 0 amide bonds. The van der Waals surface area contributed by atoms with Crippen molar-refractivity contribution in [3.8, 4) is 0 Å². The van der Waals surface area contributed by atoms with Crippen molar-refractivity contribution in [2.24, 2.45) is 0 Å². The van der Waals surface area contributed by atoms with Crippen LogP contribution < -0.4 is 5.32 Å². The summed E-state index contributed by atoms with van der Waals surface area (Å²) in [5, 5.41) is 11.6. The van der Waals surface area contributed by atoms with Crippen LogP contribution in [-0.4, -0.2) is 19.6 Å². The largest absolute Gasteiger partial charge is 0.337 e. The molecule has 5 nitrogen and oxygen atoms in total. The summed E-state index contributed by atoms with van der Waals surface area (Å²) in [6.45, 7) is 4.12. The number of aryl methyl sites for hydroxylation is 2. The van der Waals surface area contributed by atoms with E-state index in [1.165, 1.54) is 5.56 Å². The molecular formula is C17H14BrN5. The maximum absolute atomic E-state index is 4.72. The van der Waals surface area contributed by atoms with Crippen LogP contribution in [0.15, 0.2) is 47.2 Å². The molecule has 0 fully saturated rings. The molecule has 1 N–H and O–H groups in total. The van der Waals surface area contributed by atoms with Crippen LogP contribution >= 0.6 is 15.9 Å². The fourth-order valence-corrected chi connectivity index (χ4v) is 2.85. The molecule has 4 rings (SSSR count). The Morgan fingerprint density at radius 1 is 1.09 bits per heavy atom. The number of hydrogen-bond donors (Lipinski definition) is 1. The SMILES string of the molecule is Cc1ccc2nc(Nc3ccc(Br)c(C)c3)c3nncn3c2c1. The first-order valence-corrected chi connectivity index (χ1v) is 8.04. The van der Waals surface area contributed by atoms with Gasteiger partial charge in [-0.1, -0.05) is 22.0 Å². The Kier molecular flexibility index (Phi) is 3.27. The van der Waals surface area contributed by atoms with Gasteiger partial charge in [0.15, 0.2) is 5.82 Å². The first-order chi connectivity index (χ1) is 11.1. The zero-order chi connectivity index (χ0) is 16.0. The van der Waals surface area contributed by atoms with Gasteiger partial charge in [0.25, 0.3) is 0 Å². The first-order valence-electron chi connectivity index (χ1n) is 7.25. The fourth-order valence-electron chi connectivity index (χ4n) is 2.61. The van der Waals surface area contributed by atoms with Gasteiger partial charge in [0.1, 0.15) is 6.33 Å². The Balaban J connectivity index is 1.89. The van der Waals surface area contributed by atoms with E-state index < -0.39 is 0 Å². The maximum atomic E-state index is 4.72. The molecule has 0 radical (unpaired) electrons. The normalized spacial score (nSPS) is 11.3. The van der Waals surface area contributed by atoms with E-state index in [1.54, 1.807) is 6.33 Å². The second-order valence-electron chi connectivity index (χ2n) is 5.57. The molecule has 0 aliphatic rings. The molecule has 4 aromatic rings. The molecule has 0 saturated carbocycles. The average molecular weight is 368 g/mol. The molecular weight excluding hydrogens is 354 g/mol. The van der Waals surface area contributed by atoms with Gasteiger partial charge in [-0.15, -0.1) is 10.2 Å². The van der Waals surface area contributed by atoms with Crippen LogP contribution in [0.1, 0.15) is 11.1 Å². The molecule has 0 unspecified atom stereocenters. The van der Waals surface area contributed by atoms with E-state index in [0.29, 0.717) is 11.5 Å². The maximum Gasteiger partial charge on any atom is 0.204 e. The van der Waals surface area contributed by atoms with E-state index in [9.17, 15) is 0 Å². The van der Waals surface area contributed by atoms with Gasteiger partial charge in [-0.25, -0.2) is 4.98 Å². The molecule has 0 atom stereocenters. The zero-order valence-corrected chi connectivity index (χ0v) is 14.3. The Bertz CT molecular complexity index is 1040. The molecule has 0 spiro atoms. The van der Waals surface area contributed by atoms with Crippen molar-refractivity contribution >= 4 is 44.1 Å². The Morgan fingerprint density at radius 2 is 1.96 bits per heavy atom. The highest BCUT2D eigenvalue weighted by Crippen LogP contribution is 2.26. The lowest BCUT2D eigenvalue weighted by Gasteiger charge is -2.10. The third kappa shape index (κ3) is 2.45. The van der Waals surface area contributed by atoms with Crippen molar-refractivity contribution < 1.29 is 0 Å². The number of nitrogens with zero attached hydrogens (tertiary/aromatic N) is 4. The van der Waals surface area contributed by atoms with Gasteiger partial charge in [-0.3, -0.25) is 4.40 Å². The summed E-state index contributed by atoms with van der Waals surface area (Å²) in [5.74, 6) is 0.695. The van der Waals surface area contributed by atoms with E-state index >= 15 is 0 Å². The standard InChI is InChI=1S/C17H14BrN5/c1-10-3-6-14-15(7-10)23-9-19-22-17(23)16(21-14)20-12-4-5-13(18)11(2)8-12/h3-9H,1-2H3,(H,20,21). The lowest BCUT2D eigenvalue weighted by Crippen LogP contribution is -2.00. The zero-order valence-electron chi connectivity index (χ0n) is 12.7. The van der Waals surface area contributed by atoms with E-state index in [4.69, 9.17) is 4.98 Å². The van der Waals surface area contributed by atoms with Crippen molar-refractivity contribution in [1.29, 1.82) is 0 Å². The Morgan fingerprint density at radius 3 is 2.78 bits per heavy atom. The summed E-state index contributed by atoms with van der Waals surface area (Å²) >= 11 is 3.52.